The van der Waals surface area contributed by atoms with Crippen molar-refractivity contribution < 1.29 is 0 Å². The molecule has 0 saturated carbocycles. The fourth-order valence-corrected chi connectivity index (χ4v) is 2.47. The predicted molar refractivity (Wildman–Crippen MR) is 63.1 cm³/mol. The van der Waals surface area contributed by atoms with Crippen molar-refractivity contribution in [1.29, 1.82) is 0 Å². The van der Waals surface area contributed by atoms with Gasteiger partial charge in [0.15, 0.2) is 0 Å². The molecule has 0 aromatic rings. The maximum absolute atomic E-state index is 3.57. The first kappa shape index (κ1) is 12.3. The average molecular weight is 219 g/mol. The summed E-state index contributed by atoms with van der Waals surface area (Å²) >= 11 is 0. The van der Waals surface area contributed by atoms with Crippen molar-refractivity contribution in [3.05, 3.63) is 0 Å². The van der Waals surface area contributed by atoms with Crippen LogP contribution in [0.15, 0.2) is 0 Å². The molecule has 2 aliphatic rings. The van der Waals surface area contributed by atoms with Gasteiger partial charge in [-0.1, -0.05) is 6.92 Å². The molecule has 0 bridgehead atoms. The molecule has 0 spiro atoms. The molecule has 2 aliphatic heterocycles. The Labute approximate surface area is 93.8 Å². The topological polar surface area (TPSA) is 15.3 Å². The molecule has 0 aliphatic carbocycles. The Kier molecular flexibility index (Phi) is 5.21. The highest BCUT2D eigenvalue weighted by Gasteiger charge is 2.20. The van der Waals surface area contributed by atoms with Crippen molar-refractivity contribution >= 4 is 12.4 Å². The highest BCUT2D eigenvalue weighted by Crippen LogP contribution is 2.17. The molecule has 84 valence electrons. The van der Waals surface area contributed by atoms with Gasteiger partial charge in [-0.25, -0.2) is 0 Å². The van der Waals surface area contributed by atoms with Crippen molar-refractivity contribution in [1.82, 2.24) is 10.2 Å². The van der Waals surface area contributed by atoms with E-state index in [2.05, 4.69) is 17.1 Å². The van der Waals surface area contributed by atoms with Crippen LogP contribution in [0.2, 0.25) is 0 Å². The lowest BCUT2D eigenvalue weighted by molar-refractivity contribution is 0.179. The van der Waals surface area contributed by atoms with Gasteiger partial charge in [0.2, 0.25) is 0 Å². The molecule has 0 radical (unpaired) electrons. The molecule has 14 heavy (non-hydrogen) atoms. The van der Waals surface area contributed by atoms with Gasteiger partial charge in [-0.05, 0) is 51.2 Å². The summed E-state index contributed by atoms with van der Waals surface area (Å²) in [7, 11) is 0. The molecule has 3 heteroatoms. The third kappa shape index (κ3) is 3.41. The van der Waals surface area contributed by atoms with Gasteiger partial charge in [-0.15, -0.1) is 12.4 Å². The van der Waals surface area contributed by atoms with Crippen LogP contribution in [-0.4, -0.2) is 37.1 Å². The number of nitrogens with zero attached hydrogens (tertiary/aromatic N) is 1. The first-order valence-corrected chi connectivity index (χ1v) is 5.80. The Morgan fingerprint density at radius 2 is 1.93 bits per heavy atom. The Balaban J connectivity index is 0.000000980. The van der Waals surface area contributed by atoms with Gasteiger partial charge < -0.3 is 10.2 Å². The van der Waals surface area contributed by atoms with E-state index in [9.17, 15) is 0 Å². The molecule has 2 nitrogen and oxygen atoms in total. The summed E-state index contributed by atoms with van der Waals surface area (Å²) < 4.78 is 0. The minimum absolute atomic E-state index is 0. The highest BCUT2D eigenvalue weighted by molar-refractivity contribution is 5.85. The van der Waals surface area contributed by atoms with Gasteiger partial charge in [-0.2, -0.15) is 0 Å². The van der Waals surface area contributed by atoms with Gasteiger partial charge in [0, 0.05) is 12.6 Å². The number of nitrogens with one attached hydrogen (secondary N) is 1. The minimum atomic E-state index is 0. The quantitative estimate of drug-likeness (QED) is 0.762. The number of halogens is 1. The second kappa shape index (κ2) is 5.94. The number of likely N-dealkylation sites (tertiary alicyclic amines) is 1. The van der Waals surface area contributed by atoms with Crippen molar-refractivity contribution in [3.8, 4) is 0 Å². The molecule has 0 amide bonds. The van der Waals surface area contributed by atoms with Crippen molar-refractivity contribution in [2.75, 3.05) is 26.2 Å². The van der Waals surface area contributed by atoms with Crippen molar-refractivity contribution in [3.63, 3.8) is 0 Å². The van der Waals surface area contributed by atoms with E-state index >= 15 is 0 Å². The first-order valence-electron chi connectivity index (χ1n) is 5.80. The van der Waals surface area contributed by atoms with Crippen LogP contribution in [0.4, 0.5) is 0 Å². The SMILES string of the molecule is CC1CCN(CC2CCCN2)CC1.Cl. The van der Waals surface area contributed by atoms with Gasteiger partial charge >= 0.3 is 0 Å². The fourth-order valence-electron chi connectivity index (χ4n) is 2.47. The molecule has 1 N–H and O–H groups in total. The van der Waals surface area contributed by atoms with E-state index < -0.39 is 0 Å². The van der Waals surface area contributed by atoms with E-state index in [1.165, 1.54) is 51.9 Å². The second-order valence-corrected chi connectivity index (χ2v) is 4.78. The van der Waals surface area contributed by atoms with Crippen LogP contribution in [0.1, 0.15) is 32.6 Å². The van der Waals surface area contributed by atoms with Crippen LogP contribution < -0.4 is 5.32 Å². The van der Waals surface area contributed by atoms with Crippen LogP contribution in [-0.2, 0) is 0 Å². The molecule has 2 heterocycles. The third-order valence-electron chi connectivity index (χ3n) is 3.52. The Bertz CT molecular complexity index is 149. The molecule has 2 fully saturated rings. The molecule has 1 unspecified atom stereocenters. The van der Waals surface area contributed by atoms with E-state index in [0.29, 0.717) is 0 Å². The maximum atomic E-state index is 3.57. The zero-order valence-electron chi connectivity index (χ0n) is 9.17. The standard InChI is InChI=1S/C11H22N2.ClH/c1-10-4-7-13(8-5-10)9-11-3-2-6-12-11;/h10-12H,2-9H2,1H3;1H. The van der Waals surface area contributed by atoms with Crippen LogP contribution in [0.5, 0.6) is 0 Å². The predicted octanol–water partition coefficient (Wildman–Crippen LogP) is 1.89. The number of rotatable bonds is 2. The largest absolute Gasteiger partial charge is 0.313 e. The zero-order valence-corrected chi connectivity index (χ0v) is 9.98. The van der Waals surface area contributed by atoms with Crippen LogP contribution in [0, 0.1) is 5.92 Å². The number of piperidine rings is 1. The molecule has 2 rings (SSSR count). The van der Waals surface area contributed by atoms with Gasteiger partial charge in [0.05, 0.1) is 0 Å². The summed E-state index contributed by atoms with van der Waals surface area (Å²) in [5.41, 5.74) is 0. The van der Waals surface area contributed by atoms with Crippen LogP contribution >= 0.6 is 12.4 Å². The smallest absolute Gasteiger partial charge is 0.0195 e. The summed E-state index contributed by atoms with van der Waals surface area (Å²) in [6.45, 7) is 7.59. The monoisotopic (exact) mass is 218 g/mol. The lowest BCUT2D eigenvalue weighted by Crippen LogP contribution is -2.41. The molecular weight excluding hydrogens is 196 g/mol. The molecule has 0 aromatic carbocycles. The molecular formula is C11H23ClN2. The minimum Gasteiger partial charge on any atom is -0.313 e. The van der Waals surface area contributed by atoms with E-state index in [4.69, 9.17) is 0 Å². The van der Waals surface area contributed by atoms with Crippen molar-refractivity contribution in [2.45, 2.75) is 38.6 Å². The molecule has 1 atom stereocenters. The Morgan fingerprint density at radius 3 is 2.50 bits per heavy atom. The van der Waals surface area contributed by atoms with Gasteiger partial charge in [0.1, 0.15) is 0 Å². The number of hydrogen-bond donors (Lipinski definition) is 1. The third-order valence-corrected chi connectivity index (χ3v) is 3.52. The normalized spacial score (nSPS) is 30.2. The lowest BCUT2D eigenvalue weighted by Gasteiger charge is -2.32. The van der Waals surface area contributed by atoms with Gasteiger partial charge in [0.25, 0.3) is 0 Å². The first-order chi connectivity index (χ1) is 6.34. The molecule has 0 aromatic heterocycles. The summed E-state index contributed by atoms with van der Waals surface area (Å²) in [6.07, 6.45) is 5.60. The summed E-state index contributed by atoms with van der Waals surface area (Å²) in [4.78, 5) is 2.64. The second-order valence-electron chi connectivity index (χ2n) is 4.78. The van der Waals surface area contributed by atoms with E-state index in [1.807, 2.05) is 0 Å². The van der Waals surface area contributed by atoms with Gasteiger partial charge in [-0.3, -0.25) is 0 Å². The lowest BCUT2D eigenvalue weighted by atomic mass is 9.99. The summed E-state index contributed by atoms with van der Waals surface area (Å²) in [5.74, 6) is 0.966. The molecule has 2 saturated heterocycles. The van der Waals surface area contributed by atoms with Crippen molar-refractivity contribution in [2.24, 2.45) is 5.92 Å². The van der Waals surface area contributed by atoms with E-state index in [-0.39, 0.29) is 12.4 Å². The Hall–Kier alpha value is 0.210. The summed E-state index contributed by atoms with van der Waals surface area (Å²) in [6, 6.07) is 0.799. The van der Waals surface area contributed by atoms with E-state index in [0.717, 1.165) is 12.0 Å². The fraction of sp³-hybridized carbons (Fsp3) is 1.00. The summed E-state index contributed by atoms with van der Waals surface area (Å²) in [5, 5.41) is 3.57. The number of hydrogen-bond acceptors (Lipinski definition) is 2. The van der Waals surface area contributed by atoms with Crippen LogP contribution in [0.3, 0.4) is 0 Å². The Morgan fingerprint density at radius 1 is 1.21 bits per heavy atom. The maximum Gasteiger partial charge on any atom is 0.0195 e. The van der Waals surface area contributed by atoms with E-state index in [1.54, 1.807) is 0 Å². The zero-order chi connectivity index (χ0) is 9.10. The van der Waals surface area contributed by atoms with Crippen LogP contribution in [0.25, 0.3) is 0 Å². The highest BCUT2D eigenvalue weighted by atomic mass is 35.5. The average Bonchev–Trinajstić information content (AvgIpc) is 2.62.